The van der Waals surface area contributed by atoms with E-state index in [-0.39, 0.29) is 23.8 Å². The lowest BCUT2D eigenvalue weighted by Crippen LogP contribution is -2.29. The molecule has 1 aromatic rings. The van der Waals surface area contributed by atoms with Gasteiger partial charge < -0.3 is 15.1 Å². The van der Waals surface area contributed by atoms with Gasteiger partial charge in [-0.25, -0.2) is 4.39 Å². The van der Waals surface area contributed by atoms with Gasteiger partial charge in [-0.05, 0) is 30.9 Å². The Bertz CT molecular complexity index is 430. The summed E-state index contributed by atoms with van der Waals surface area (Å²) in [5, 5.41) is 18.4. The van der Waals surface area contributed by atoms with Gasteiger partial charge in [-0.2, -0.15) is 0 Å². The van der Waals surface area contributed by atoms with Crippen molar-refractivity contribution in [1.29, 1.82) is 0 Å². The minimum Gasteiger partial charge on any atom is -0.507 e. The molecule has 1 fully saturated rings. The number of likely N-dealkylation sites (tertiary alicyclic amines) is 1. The van der Waals surface area contributed by atoms with Gasteiger partial charge in [-0.3, -0.25) is 4.79 Å². The maximum atomic E-state index is 13.6. The number of benzene rings is 1. The number of hydrogen-bond donors (Lipinski definition) is 2. The largest absolute Gasteiger partial charge is 0.507 e. The van der Waals surface area contributed by atoms with E-state index in [2.05, 4.69) is 0 Å². The Morgan fingerprint density at radius 3 is 2.94 bits per heavy atom. The number of aromatic hydroxyl groups is 1. The van der Waals surface area contributed by atoms with Crippen molar-refractivity contribution in [3.8, 4) is 5.75 Å². The van der Waals surface area contributed by atoms with Crippen LogP contribution < -0.4 is 0 Å². The smallest absolute Gasteiger partial charge is 0.260 e. The molecule has 5 heteroatoms. The van der Waals surface area contributed by atoms with Gasteiger partial charge in [0.15, 0.2) is 0 Å². The minimum absolute atomic E-state index is 0.0949. The number of phenolic OH excluding ortho intramolecular Hbond substituents is 1. The lowest BCUT2D eigenvalue weighted by Gasteiger charge is -2.17. The maximum absolute atomic E-state index is 13.6. The molecule has 18 heavy (non-hydrogen) atoms. The Kier molecular flexibility index (Phi) is 3.81. The zero-order valence-electron chi connectivity index (χ0n) is 9.97. The molecule has 1 heterocycles. The van der Waals surface area contributed by atoms with Crippen LogP contribution in [0.3, 0.4) is 0 Å². The Morgan fingerprint density at radius 2 is 2.28 bits per heavy atom. The number of halogens is 1. The number of amides is 1. The number of rotatable bonds is 3. The topological polar surface area (TPSA) is 60.8 Å². The first-order valence-electron chi connectivity index (χ1n) is 6.01. The molecule has 2 rings (SSSR count). The second kappa shape index (κ2) is 5.35. The fraction of sp³-hybridized carbons (Fsp3) is 0.462. The van der Waals surface area contributed by atoms with E-state index in [1.165, 1.54) is 17.0 Å². The van der Waals surface area contributed by atoms with Crippen molar-refractivity contribution in [2.24, 2.45) is 5.92 Å². The van der Waals surface area contributed by atoms with Gasteiger partial charge in [0.05, 0.1) is 0 Å². The summed E-state index contributed by atoms with van der Waals surface area (Å²) in [6.07, 6.45) is 1.45. The first-order chi connectivity index (χ1) is 8.63. The molecule has 1 unspecified atom stereocenters. The Labute approximate surface area is 105 Å². The van der Waals surface area contributed by atoms with Crippen LogP contribution in [0.4, 0.5) is 4.39 Å². The lowest BCUT2D eigenvalue weighted by molar-refractivity contribution is 0.0777. The summed E-state index contributed by atoms with van der Waals surface area (Å²) in [7, 11) is 0. The van der Waals surface area contributed by atoms with Gasteiger partial charge in [0.25, 0.3) is 5.91 Å². The van der Waals surface area contributed by atoms with E-state index in [0.717, 1.165) is 12.5 Å². The molecule has 0 bridgehead atoms. The summed E-state index contributed by atoms with van der Waals surface area (Å²) in [4.78, 5) is 13.6. The molecule has 4 nitrogen and oxygen atoms in total. The third-order valence-corrected chi connectivity index (χ3v) is 3.32. The van der Waals surface area contributed by atoms with E-state index in [0.29, 0.717) is 19.5 Å². The number of hydrogen-bond acceptors (Lipinski definition) is 3. The van der Waals surface area contributed by atoms with E-state index in [1.54, 1.807) is 0 Å². The summed E-state index contributed by atoms with van der Waals surface area (Å²) in [5.74, 6) is -1.25. The fourth-order valence-corrected chi connectivity index (χ4v) is 2.32. The number of carbonyl (C=O) groups excluding carboxylic acids is 1. The Balaban J connectivity index is 2.13. The van der Waals surface area contributed by atoms with Crippen LogP contribution in [0.5, 0.6) is 5.75 Å². The van der Waals surface area contributed by atoms with Crippen molar-refractivity contribution in [1.82, 2.24) is 4.90 Å². The van der Waals surface area contributed by atoms with Gasteiger partial charge in [0.1, 0.15) is 17.1 Å². The number of phenols is 1. The SMILES string of the molecule is O=C(c1c(O)cccc1F)N1CCC(CCO)C1. The lowest BCUT2D eigenvalue weighted by atomic mass is 10.1. The average Bonchev–Trinajstić information content (AvgIpc) is 2.78. The van der Waals surface area contributed by atoms with Crippen LogP contribution in [0, 0.1) is 11.7 Å². The summed E-state index contributed by atoms with van der Waals surface area (Å²) >= 11 is 0. The van der Waals surface area contributed by atoms with Gasteiger partial charge in [-0.1, -0.05) is 6.07 Å². The number of nitrogens with zero attached hydrogens (tertiary/aromatic N) is 1. The van der Waals surface area contributed by atoms with Gasteiger partial charge in [0, 0.05) is 19.7 Å². The molecule has 1 aliphatic heterocycles. The highest BCUT2D eigenvalue weighted by atomic mass is 19.1. The molecular formula is C13H16FNO3. The molecule has 0 radical (unpaired) electrons. The predicted octanol–water partition coefficient (Wildman–Crippen LogP) is 1.38. The van der Waals surface area contributed by atoms with E-state index < -0.39 is 11.7 Å². The molecule has 2 N–H and O–H groups in total. The molecule has 1 amide bonds. The van der Waals surface area contributed by atoms with Crippen LogP contribution in [0.2, 0.25) is 0 Å². The summed E-state index contributed by atoms with van der Waals surface area (Å²) < 4.78 is 13.6. The molecule has 1 saturated heterocycles. The van der Waals surface area contributed by atoms with Crippen molar-refractivity contribution >= 4 is 5.91 Å². The molecule has 0 aromatic heterocycles. The zero-order chi connectivity index (χ0) is 13.1. The fourth-order valence-electron chi connectivity index (χ4n) is 2.32. The minimum atomic E-state index is -0.703. The molecule has 1 aliphatic rings. The number of carbonyl (C=O) groups is 1. The van der Waals surface area contributed by atoms with Crippen molar-refractivity contribution in [3.05, 3.63) is 29.6 Å². The van der Waals surface area contributed by atoms with Crippen LogP contribution >= 0.6 is 0 Å². The summed E-state index contributed by atoms with van der Waals surface area (Å²) in [6, 6.07) is 3.83. The van der Waals surface area contributed by atoms with Crippen LogP contribution in [-0.2, 0) is 0 Å². The van der Waals surface area contributed by atoms with Crippen LogP contribution in [0.1, 0.15) is 23.2 Å². The Morgan fingerprint density at radius 1 is 1.50 bits per heavy atom. The van der Waals surface area contributed by atoms with Gasteiger partial charge in [0.2, 0.25) is 0 Å². The van der Waals surface area contributed by atoms with Crippen LogP contribution in [-0.4, -0.2) is 40.7 Å². The van der Waals surface area contributed by atoms with Gasteiger partial charge >= 0.3 is 0 Å². The molecule has 1 aromatic carbocycles. The second-order valence-corrected chi connectivity index (χ2v) is 4.55. The highest BCUT2D eigenvalue weighted by molar-refractivity contribution is 5.97. The molecule has 98 valence electrons. The Hall–Kier alpha value is -1.62. The van der Waals surface area contributed by atoms with Crippen molar-refractivity contribution in [2.75, 3.05) is 19.7 Å². The van der Waals surface area contributed by atoms with Gasteiger partial charge in [-0.15, -0.1) is 0 Å². The van der Waals surface area contributed by atoms with E-state index >= 15 is 0 Å². The van der Waals surface area contributed by atoms with E-state index in [9.17, 15) is 14.3 Å². The van der Waals surface area contributed by atoms with Crippen molar-refractivity contribution < 1.29 is 19.4 Å². The van der Waals surface area contributed by atoms with Crippen molar-refractivity contribution in [3.63, 3.8) is 0 Å². The zero-order valence-corrected chi connectivity index (χ0v) is 9.97. The van der Waals surface area contributed by atoms with Crippen LogP contribution in [0.25, 0.3) is 0 Å². The molecule has 0 aliphatic carbocycles. The normalized spacial score (nSPS) is 19.2. The van der Waals surface area contributed by atoms with E-state index in [1.807, 2.05) is 0 Å². The molecule has 0 saturated carbocycles. The van der Waals surface area contributed by atoms with Crippen LogP contribution in [0.15, 0.2) is 18.2 Å². The highest BCUT2D eigenvalue weighted by Gasteiger charge is 2.29. The first-order valence-corrected chi connectivity index (χ1v) is 6.01. The summed E-state index contributed by atoms with van der Waals surface area (Å²) in [6.45, 7) is 1.14. The molecule has 0 spiro atoms. The number of aliphatic hydroxyl groups excluding tert-OH is 1. The third kappa shape index (κ3) is 2.46. The van der Waals surface area contributed by atoms with E-state index in [4.69, 9.17) is 5.11 Å². The summed E-state index contributed by atoms with van der Waals surface area (Å²) in [5.41, 5.74) is -0.262. The average molecular weight is 253 g/mol. The second-order valence-electron chi connectivity index (χ2n) is 4.55. The maximum Gasteiger partial charge on any atom is 0.260 e. The predicted molar refractivity (Wildman–Crippen MR) is 63.8 cm³/mol. The highest BCUT2D eigenvalue weighted by Crippen LogP contribution is 2.26. The van der Waals surface area contributed by atoms with Crippen molar-refractivity contribution in [2.45, 2.75) is 12.8 Å². The monoisotopic (exact) mass is 253 g/mol. The third-order valence-electron chi connectivity index (χ3n) is 3.32. The number of aliphatic hydroxyl groups is 1. The first kappa shape index (κ1) is 12.8. The molecular weight excluding hydrogens is 237 g/mol. The molecule has 1 atom stereocenters. The standard InChI is InChI=1S/C13H16FNO3/c14-10-2-1-3-11(17)12(10)13(18)15-6-4-9(8-15)5-7-16/h1-3,9,16-17H,4-8H2. The quantitative estimate of drug-likeness (QED) is 0.855.